The van der Waals surface area contributed by atoms with Crippen molar-refractivity contribution < 1.29 is 44.2 Å². The van der Waals surface area contributed by atoms with E-state index in [4.69, 9.17) is 14.2 Å². The first-order valence-corrected chi connectivity index (χ1v) is 14.4. The van der Waals surface area contributed by atoms with Gasteiger partial charge in [-0.1, -0.05) is 6.92 Å². The Morgan fingerprint density at radius 2 is 1.82 bits per heavy atom. The molecule has 0 aromatic rings. The summed E-state index contributed by atoms with van der Waals surface area (Å²) in [6.07, 6.45) is 4.50. The lowest BCUT2D eigenvalue weighted by atomic mass is 9.41. The third-order valence-corrected chi connectivity index (χ3v) is 11.9. The summed E-state index contributed by atoms with van der Waals surface area (Å²) in [5, 5.41) is 44.6. The predicted molar refractivity (Wildman–Crippen MR) is 133 cm³/mol. The molecule has 9 nitrogen and oxygen atoms in total. The molecular weight excluding hydrogens is 492 g/mol. The van der Waals surface area contributed by atoms with E-state index in [9.17, 15) is 30.0 Å². The normalized spacial score (nSPS) is 54.4. The van der Waals surface area contributed by atoms with Gasteiger partial charge in [-0.3, -0.25) is 0 Å². The zero-order chi connectivity index (χ0) is 27.1. The van der Waals surface area contributed by atoms with Gasteiger partial charge in [0, 0.05) is 24.3 Å². The third-order valence-electron chi connectivity index (χ3n) is 11.9. The number of aliphatic hydroxyl groups is 4. The van der Waals surface area contributed by atoms with Crippen LogP contribution in [0.4, 0.5) is 0 Å². The SMILES string of the molecule is C[C@H]1O[C@@H](O[C@H]2CC[C@]3(C=O)[C@H]4CC[C@]5(C)[C@@H](C6=CC(=O)OC6)CC[C@]5(O)[C@@H]4CC[C@]3(O)C2)C[C@@H](O)[C@@H]1O. The molecule has 0 aromatic heterocycles. The van der Waals surface area contributed by atoms with Crippen molar-refractivity contribution in [2.45, 2.75) is 120 Å². The smallest absolute Gasteiger partial charge is 0.331 e. The maximum absolute atomic E-state index is 12.9. The first kappa shape index (κ1) is 26.8. The number of ether oxygens (including phenoxy) is 3. The number of hydrogen-bond donors (Lipinski definition) is 4. The highest BCUT2D eigenvalue weighted by atomic mass is 16.7. The average molecular weight is 535 g/mol. The maximum atomic E-state index is 12.9. The highest BCUT2D eigenvalue weighted by Crippen LogP contribution is 2.70. The van der Waals surface area contributed by atoms with Gasteiger partial charge in [-0.15, -0.1) is 0 Å². The predicted octanol–water partition coefficient (Wildman–Crippen LogP) is 1.78. The summed E-state index contributed by atoms with van der Waals surface area (Å²) in [6.45, 7) is 4.13. The van der Waals surface area contributed by atoms with E-state index in [0.717, 1.165) is 31.1 Å². The number of esters is 1. The molecule has 0 radical (unpaired) electrons. The number of hydrogen-bond acceptors (Lipinski definition) is 9. The number of aliphatic hydroxyl groups excluding tert-OH is 2. The fourth-order valence-corrected chi connectivity index (χ4v) is 9.76. The number of cyclic esters (lactones) is 1. The van der Waals surface area contributed by atoms with Crippen molar-refractivity contribution in [2.24, 2.45) is 28.6 Å². The van der Waals surface area contributed by atoms with Gasteiger partial charge in [0.2, 0.25) is 0 Å². The van der Waals surface area contributed by atoms with Crippen LogP contribution in [-0.4, -0.2) is 81.2 Å². The van der Waals surface area contributed by atoms with Crippen LogP contribution in [0.3, 0.4) is 0 Å². The van der Waals surface area contributed by atoms with Gasteiger partial charge < -0.3 is 39.4 Å². The molecule has 1 saturated heterocycles. The Labute approximate surface area is 223 Å². The fourth-order valence-electron chi connectivity index (χ4n) is 9.76. The lowest BCUT2D eigenvalue weighted by Crippen LogP contribution is -2.69. The van der Waals surface area contributed by atoms with Gasteiger partial charge in [-0.25, -0.2) is 4.79 Å². The molecule has 0 aromatic carbocycles. The number of carbonyl (C=O) groups excluding carboxylic acids is 2. The van der Waals surface area contributed by atoms with E-state index in [1.54, 1.807) is 13.0 Å². The second-order valence-electron chi connectivity index (χ2n) is 13.3. The highest BCUT2D eigenvalue weighted by molar-refractivity contribution is 5.85. The van der Waals surface area contributed by atoms with Crippen molar-refractivity contribution in [3.8, 4) is 0 Å². The molecule has 6 rings (SSSR count). The van der Waals surface area contributed by atoms with E-state index in [1.165, 1.54) is 0 Å². The summed E-state index contributed by atoms with van der Waals surface area (Å²) in [6, 6.07) is 0. The Kier molecular flexibility index (Phi) is 6.41. The van der Waals surface area contributed by atoms with Crippen LogP contribution in [0.1, 0.15) is 78.1 Å². The lowest BCUT2D eigenvalue weighted by Gasteiger charge is -2.65. The molecule has 38 heavy (non-hydrogen) atoms. The summed E-state index contributed by atoms with van der Waals surface area (Å²) in [5.41, 5.74) is -2.60. The minimum atomic E-state index is -1.24. The quantitative estimate of drug-likeness (QED) is 0.241. The van der Waals surface area contributed by atoms with Crippen molar-refractivity contribution >= 4 is 12.3 Å². The fraction of sp³-hybridized carbons (Fsp3) is 0.862. The van der Waals surface area contributed by atoms with Crippen molar-refractivity contribution in [1.29, 1.82) is 0 Å². The number of rotatable bonds is 4. The molecule has 0 bridgehead atoms. The molecule has 2 heterocycles. The lowest BCUT2D eigenvalue weighted by molar-refractivity contribution is -0.286. The molecule has 9 heteroatoms. The van der Waals surface area contributed by atoms with Gasteiger partial charge in [0.15, 0.2) is 6.29 Å². The maximum Gasteiger partial charge on any atom is 0.331 e. The standard InChI is InChI=1S/C29H42O9/c1-16-25(33)22(31)12-24(37-16)38-18-3-8-27(15-30)20-4-7-26(2)19(17-11-23(32)36-14-17)6-10-29(26,35)21(20)5-9-28(27,34)13-18/h11,15-16,18-22,24-25,31,33-35H,3-10,12-14H2,1-2H3/t16-,18+,19-,20+,21-,22-,24+,25-,26-,27+,28+,29+/m1/s1. The van der Waals surface area contributed by atoms with Crippen LogP contribution in [0.15, 0.2) is 11.6 Å². The van der Waals surface area contributed by atoms with Crippen LogP contribution in [0.2, 0.25) is 0 Å². The Balaban J connectivity index is 1.22. The second kappa shape index (κ2) is 9.08. The first-order chi connectivity index (χ1) is 18.0. The highest BCUT2D eigenvalue weighted by Gasteiger charge is 2.71. The van der Waals surface area contributed by atoms with Gasteiger partial charge in [0.1, 0.15) is 19.0 Å². The summed E-state index contributed by atoms with van der Waals surface area (Å²) in [5.74, 6) is -0.473. The summed E-state index contributed by atoms with van der Waals surface area (Å²) in [4.78, 5) is 24.7. The van der Waals surface area contributed by atoms with Crippen LogP contribution in [-0.2, 0) is 23.8 Å². The van der Waals surface area contributed by atoms with E-state index in [1.807, 2.05) is 0 Å². The van der Waals surface area contributed by atoms with E-state index in [0.29, 0.717) is 45.1 Å². The van der Waals surface area contributed by atoms with E-state index in [-0.39, 0.29) is 36.2 Å². The second-order valence-corrected chi connectivity index (χ2v) is 13.3. The Morgan fingerprint density at radius 1 is 1.05 bits per heavy atom. The van der Waals surface area contributed by atoms with E-state index < -0.39 is 46.6 Å². The molecule has 0 spiro atoms. The van der Waals surface area contributed by atoms with E-state index in [2.05, 4.69) is 6.92 Å². The largest absolute Gasteiger partial charge is 0.458 e. The summed E-state index contributed by atoms with van der Waals surface area (Å²) < 4.78 is 17.1. The molecule has 6 aliphatic rings. The molecule has 0 unspecified atom stereocenters. The van der Waals surface area contributed by atoms with Crippen molar-refractivity contribution in [3.63, 3.8) is 0 Å². The van der Waals surface area contributed by atoms with Crippen LogP contribution in [0.5, 0.6) is 0 Å². The van der Waals surface area contributed by atoms with Crippen LogP contribution in [0, 0.1) is 28.6 Å². The van der Waals surface area contributed by atoms with Crippen LogP contribution >= 0.6 is 0 Å². The topological polar surface area (TPSA) is 143 Å². The number of carbonyl (C=O) groups is 2. The number of aldehydes is 1. The molecule has 4 saturated carbocycles. The molecule has 5 fully saturated rings. The molecule has 212 valence electrons. The van der Waals surface area contributed by atoms with Crippen LogP contribution in [0.25, 0.3) is 0 Å². The van der Waals surface area contributed by atoms with Gasteiger partial charge >= 0.3 is 5.97 Å². The monoisotopic (exact) mass is 534 g/mol. The Hall–Kier alpha value is -1.36. The third kappa shape index (κ3) is 3.65. The molecule has 4 aliphatic carbocycles. The summed E-state index contributed by atoms with van der Waals surface area (Å²) >= 11 is 0. The minimum absolute atomic E-state index is 0.0729. The molecule has 12 atom stereocenters. The van der Waals surface area contributed by atoms with Crippen molar-refractivity contribution in [3.05, 3.63) is 11.6 Å². The van der Waals surface area contributed by atoms with Crippen LogP contribution < -0.4 is 0 Å². The Bertz CT molecular complexity index is 1000. The van der Waals surface area contributed by atoms with E-state index >= 15 is 0 Å². The van der Waals surface area contributed by atoms with Gasteiger partial charge in [0.05, 0.1) is 34.9 Å². The molecule has 4 N–H and O–H groups in total. The molecule has 0 amide bonds. The van der Waals surface area contributed by atoms with Crippen molar-refractivity contribution in [2.75, 3.05) is 6.61 Å². The van der Waals surface area contributed by atoms with Crippen molar-refractivity contribution in [1.82, 2.24) is 0 Å². The molecule has 2 aliphatic heterocycles. The first-order valence-electron chi connectivity index (χ1n) is 14.4. The zero-order valence-corrected chi connectivity index (χ0v) is 22.4. The van der Waals surface area contributed by atoms with Gasteiger partial charge in [-0.05, 0) is 81.6 Å². The number of fused-ring (bicyclic) bond motifs is 5. The Morgan fingerprint density at radius 3 is 2.50 bits per heavy atom. The van der Waals surface area contributed by atoms with Gasteiger partial charge in [0.25, 0.3) is 0 Å². The average Bonchev–Trinajstić information content (AvgIpc) is 3.41. The summed E-state index contributed by atoms with van der Waals surface area (Å²) in [7, 11) is 0. The van der Waals surface area contributed by atoms with Gasteiger partial charge in [-0.2, -0.15) is 0 Å². The zero-order valence-electron chi connectivity index (χ0n) is 22.4. The molecular formula is C29H42O9. The minimum Gasteiger partial charge on any atom is -0.458 e.